The van der Waals surface area contributed by atoms with Crippen LogP contribution < -0.4 is 0 Å². The van der Waals surface area contributed by atoms with Crippen LogP contribution in [-0.4, -0.2) is 23.0 Å². The predicted octanol–water partition coefficient (Wildman–Crippen LogP) is 12.2. The van der Waals surface area contributed by atoms with E-state index in [0.29, 0.717) is 0 Å². The van der Waals surface area contributed by atoms with E-state index < -0.39 is 0 Å². The van der Waals surface area contributed by atoms with Gasteiger partial charge in [0, 0.05) is 0 Å². The molecular formula is C31H72S4. The lowest BCUT2D eigenvalue weighted by Crippen LogP contribution is -1.86. The lowest BCUT2D eigenvalue weighted by molar-refractivity contribution is 0.525. The summed E-state index contributed by atoms with van der Waals surface area (Å²) in [7, 11) is 0. The van der Waals surface area contributed by atoms with Crippen molar-refractivity contribution in [3.8, 4) is 0 Å². The Labute approximate surface area is 248 Å². The molecule has 4 heteroatoms. The number of hydrogen-bond acceptors (Lipinski definition) is 4. The van der Waals surface area contributed by atoms with E-state index in [1.807, 2.05) is 0 Å². The van der Waals surface area contributed by atoms with Crippen molar-refractivity contribution in [2.75, 3.05) is 23.0 Å². The summed E-state index contributed by atoms with van der Waals surface area (Å²) < 4.78 is 0. The molecule has 0 rings (SSSR count). The van der Waals surface area contributed by atoms with Crippen LogP contribution in [0.2, 0.25) is 0 Å². The largest absolute Gasteiger partial charge is 0.179 e. The molecule has 0 aromatic heterocycles. The molecule has 0 spiro atoms. The molecule has 0 saturated carbocycles. The van der Waals surface area contributed by atoms with Gasteiger partial charge < -0.3 is 0 Å². The summed E-state index contributed by atoms with van der Waals surface area (Å²) in [6.45, 7) is 24.6. The van der Waals surface area contributed by atoms with Gasteiger partial charge in [-0.05, 0) is 71.9 Å². The zero-order valence-electron chi connectivity index (χ0n) is 26.3. The van der Waals surface area contributed by atoms with E-state index in [-0.39, 0.29) is 0 Å². The summed E-state index contributed by atoms with van der Waals surface area (Å²) in [6.07, 6.45) is 14.9. The Morgan fingerprint density at radius 2 is 0.714 bits per heavy atom. The minimum Gasteiger partial charge on any atom is -0.179 e. The van der Waals surface area contributed by atoms with Crippen molar-refractivity contribution in [1.82, 2.24) is 0 Å². The molecule has 0 saturated heterocycles. The Hall–Kier alpha value is 1.40. The van der Waals surface area contributed by atoms with Crippen molar-refractivity contribution >= 4 is 50.5 Å². The van der Waals surface area contributed by atoms with E-state index in [0.717, 1.165) is 52.6 Å². The standard InChI is InChI=1S/C9H20.C7H16S.C6H14S.C5H12S.C4H10S/c1-4-5-6-7-8-9(2)3;1-7(2)5-3-4-6-8;1-6(2)4-3-5-7;1-5(2)3-4-6;1-4(2)3-5/h9H,4-8H2,1-3H3;7-8H,3-6H2,1-2H3;6-7H,3-5H2,1-2H3;5-6H,3-4H2,1-2H3;4-5H,3H2,1-2H3. The van der Waals surface area contributed by atoms with Crippen LogP contribution in [0.25, 0.3) is 0 Å². The van der Waals surface area contributed by atoms with Crippen LogP contribution in [0.5, 0.6) is 0 Å². The molecule has 220 valence electrons. The third-order valence-corrected chi connectivity index (χ3v) is 6.46. The van der Waals surface area contributed by atoms with Gasteiger partial charge >= 0.3 is 0 Å². The highest BCUT2D eigenvalue weighted by molar-refractivity contribution is 7.80. The fraction of sp³-hybridized carbons (Fsp3) is 1.00. The van der Waals surface area contributed by atoms with E-state index in [1.54, 1.807) is 0 Å². The van der Waals surface area contributed by atoms with Gasteiger partial charge in [0.25, 0.3) is 0 Å². The Bertz CT molecular complexity index is 302. The van der Waals surface area contributed by atoms with Gasteiger partial charge in [0.1, 0.15) is 0 Å². The second kappa shape index (κ2) is 42.5. The van der Waals surface area contributed by atoms with Gasteiger partial charge in [0.2, 0.25) is 0 Å². The van der Waals surface area contributed by atoms with Crippen molar-refractivity contribution in [1.29, 1.82) is 0 Å². The molecule has 0 N–H and O–H groups in total. The number of hydrogen-bond donors (Lipinski definition) is 4. The van der Waals surface area contributed by atoms with Gasteiger partial charge in [0.15, 0.2) is 0 Å². The van der Waals surface area contributed by atoms with E-state index in [1.165, 1.54) is 70.6 Å². The first-order valence-corrected chi connectivity index (χ1v) is 17.3. The third kappa shape index (κ3) is 86.2. The molecule has 0 aromatic carbocycles. The first-order valence-electron chi connectivity index (χ1n) is 14.8. The van der Waals surface area contributed by atoms with Crippen LogP contribution in [0.1, 0.15) is 147 Å². The van der Waals surface area contributed by atoms with Crippen LogP contribution in [-0.2, 0) is 0 Å². The lowest BCUT2D eigenvalue weighted by atomic mass is 10.1. The molecule has 0 aliphatic heterocycles. The SMILES string of the molecule is CC(C)CCCCS.CC(C)CCCS.CC(C)CCS.CC(C)CS.CCCCCCC(C)C. The van der Waals surface area contributed by atoms with Crippen LogP contribution in [0.3, 0.4) is 0 Å². The molecule has 0 unspecified atom stereocenters. The lowest BCUT2D eigenvalue weighted by Gasteiger charge is -2.01. The van der Waals surface area contributed by atoms with E-state index in [9.17, 15) is 0 Å². The molecule has 0 amide bonds. The summed E-state index contributed by atoms with van der Waals surface area (Å²) in [5, 5.41) is 0. The van der Waals surface area contributed by atoms with Gasteiger partial charge in [-0.2, -0.15) is 50.5 Å². The second-order valence-electron chi connectivity index (χ2n) is 11.6. The van der Waals surface area contributed by atoms with Gasteiger partial charge in [0.05, 0.1) is 0 Å². The molecule has 0 aromatic rings. The van der Waals surface area contributed by atoms with Crippen molar-refractivity contribution < 1.29 is 0 Å². The van der Waals surface area contributed by atoms with Crippen LogP contribution in [0, 0.1) is 29.6 Å². The molecule has 0 bridgehead atoms. The number of unbranched alkanes of at least 4 members (excludes halogenated alkanes) is 4. The predicted molar refractivity (Wildman–Crippen MR) is 186 cm³/mol. The molecule has 0 heterocycles. The molecule has 0 atom stereocenters. The van der Waals surface area contributed by atoms with Crippen molar-refractivity contribution in [2.45, 2.75) is 147 Å². The smallest absolute Gasteiger partial charge is 0.00748 e. The number of thiol groups is 4. The Morgan fingerprint density at radius 3 is 0.914 bits per heavy atom. The van der Waals surface area contributed by atoms with Gasteiger partial charge in [-0.25, -0.2) is 0 Å². The zero-order chi connectivity index (χ0) is 28.5. The molecule has 0 aliphatic rings. The van der Waals surface area contributed by atoms with E-state index >= 15 is 0 Å². The van der Waals surface area contributed by atoms with E-state index in [2.05, 4.69) is 127 Å². The minimum atomic E-state index is 0.748. The van der Waals surface area contributed by atoms with Crippen LogP contribution >= 0.6 is 50.5 Å². The average molecular weight is 573 g/mol. The molecule has 0 radical (unpaired) electrons. The van der Waals surface area contributed by atoms with Gasteiger partial charge in [-0.3, -0.25) is 0 Å². The third-order valence-electron chi connectivity index (χ3n) is 4.84. The fourth-order valence-electron chi connectivity index (χ4n) is 2.40. The summed E-state index contributed by atoms with van der Waals surface area (Å²) in [5.41, 5.74) is 0. The fourth-order valence-corrected chi connectivity index (χ4v) is 3.32. The van der Waals surface area contributed by atoms with Gasteiger partial charge in [-0.15, -0.1) is 0 Å². The Morgan fingerprint density at radius 1 is 0.371 bits per heavy atom. The molecule has 0 aliphatic carbocycles. The van der Waals surface area contributed by atoms with Crippen molar-refractivity contribution in [2.24, 2.45) is 29.6 Å². The highest BCUT2D eigenvalue weighted by atomic mass is 32.1. The summed E-state index contributed by atoms with van der Waals surface area (Å²) in [4.78, 5) is 0. The van der Waals surface area contributed by atoms with Crippen molar-refractivity contribution in [3.05, 3.63) is 0 Å². The maximum atomic E-state index is 4.12. The summed E-state index contributed by atoms with van der Waals surface area (Å²) >= 11 is 16.3. The van der Waals surface area contributed by atoms with Gasteiger partial charge in [-0.1, -0.05) is 128 Å². The average Bonchev–Trinajstić information content (AvgIpc) is 2.77. The topological polar surface area (TPSA) is 0 Å². The minimum absolute atomic E-state index is 0.748. The highest BCUT2D eigenvalue weighted by Crippen LogP contribution is 2.08. The molecule has 0 fully saturated rings. The summed E-state index contributed by atoms with van der Waals surface area (Å²) in [6, 6.07) is 0. The second-order valence-corrected chi connectivity index (χ2v) is 13.3. The van der Waals surface area contributed by atoms with Crippen LogP contribution in [0.4, 0.5) is 0 Å². The first kappa shape index (κ1) is 46.3. The van der Waals surface area contributed by atoms with Crippen LogP contribution in [0.15, 0.2) is 0 Å². The van der Waals surface area contributed by atoms with Crippen molar-refractivity contribution in [3.63, 3.8) is 0 Å². The zero-order valence-corrected chi connectivity index (χ0v) is 29.9. The normalized spacial score (nSPS) is 10.3. The summed E-state index contributed by atoms with van der Waals surface area (Å²) in [5.74, 6) is 8.31. The maximum Gasteiger partial charge on any atom is -0.00748 e. The first-order chi connectivity index (χ1) is 16.4. The molecular weight excluding hydrogens is 501 g/mol. The highest BCUT2D eigenvalue weighted by Gasteiger charge is 1.92. The Kier molecular flexibility index (Phi) is 56.2. The number of rotatable bonds is 15. The molecule has 35 heavy (non-hydrogen) atoms. The quantitative estimate of drug-likeness (QED) is 0.109. The molecule has 0 nitrogen and oxygen atoms in total. The monoisotopic (exact) mass is 572 g/mol. The van der Waals surface area contributed by atoms with E-state index in [4.69, 9.17) is 0 Å². The Balaban J connectivity index is -0.000000109. The maximum absolute atomic E-state index is 4.12.